The summed E-state index contributed by atoms with van der Waals surface area (Å²) in [7, 11) is 0. The van der Waals surface area contributed by atoms with Gasteiger partial charge in [0.05, 0.1) is 5.57 Å². The second kappa shape index (κ2) is 8.23. The summed E-state index contributed by atoms with van der Waals surface area (Å²) in [4.78, 5) is 17.8. The Kier molecular flexibility index (Phi) is 5.94. The van der Waals surface area contributed by atoms with Crippen LogP contribution in [0.2, 0.25) is 0 Å². The molecule has 1 heterocycles. The summed E-state index contributed by atoms with van der Waals surface area (Å²) in [5.41, 5.74) is 5.46. The highest BCUT2D eigenvalue weighted by molar-refractivity contribution is 7.81. The van der Waals surface area contributed by atoms with Gasteiger partial charge in [-0.25, -0.2) is 0 Å². The minimum absolute atomic E-state index is 0.0879. The minimum Gasteiger partial charge on any atom is -0.384 e. The number of carbonyl (C=O) groups is 1. The molecule has 0 unspecified atom stereocenters. The number of hydrogen-bond acceptors (Lipinski definition) is 4. The van der Waals surface area contributed by atoms with Gasteiger partial charge in [-0.3, -0.25) is 9.78 Å². The van der Waals surface area contributed by atoms with E-state index in [0.29, 0.717) is 23.5 Å². The smallest absolute Gasteiger partial charge is 0.168 e. The molecule has 0 spiro atoms. The monoisotopic (exact) mass is 393 g/mol. The second-order valence-electron chi connectivity index (χ2n) is 8.23. The van der Waals surface area contributed by atoms with Gasteiger partial charge >= 0.3 is 0 Å². The summed E-state index contributed by atoms with van der Waals surface area (Å²) >= 11 is 5.62. The molecule has 1 aromatic carbocycles. The van der Waals surface area contributed by atoms with Crippen molar-refractivity contribution in [3.63, 3.8) is 0 Å². The molecule has 1 aliphatic carbocycles. The molecule has 2 aromatic rings. The number of Topliss-reactive ketones (excluding diaryl/α,β-unsaturated/α-hetero) is 1. The Bertz CT molecular complexity index is 912. The first-order chi connectivity index (χ1) is 13.2. The van der Waals surface area contributed by atoms with E-state index in [1.54, 1.807) is 0 Å². The van der Waals surface area contributed by atoms with Crippen LogP contribution in [0.1, 0.15) is 43.6 Å². The Balaban J connectivity index is 1.87. The number of benzene rings is 1. The molecular weight excluding hydrogens is 366 g/mol. The second-order valence-corrected chi connectivity index (χ2v) is 8.63. The highest BCUT2D eigenvalue weighted by Gasteiger charge is 2.34. The van der Waals surface area contributed by atoms with Crippen LogP contribution in [-0.4, -0.2) is 15.8 Å². The van der Waals surface area contributed by atoms with Crippen LogP contribution < -0.4 is 10.6 Å². The first-order valence-electron chi connectivity index (χ1n) is 9.54. The van der Waals surface area contributed by atoms with Gasteiger partial charge in [0.15, 0.2) is 5.78 Å². The summed E-state index contributed by atoms with van der Waals surface area (Å²) in [6, 6.07) is 13.9. The van der Waals surface area contributed by atoms with E-state index in [1.807, 2.05) is 44.2 Å². The Morgan fingerprint density at radius 2 is 1.75 bits per heavy atom. The van der Waals surface area contributed by atoms with Gasteiger partial charge in [0.1, 0.15) is 4.99 Å². The predicted octanol–water partition coefficient (Wildman–Crippen LogP) is 4.87. The van der Waals surface area contributed by atoms with Gasteiger partial charge in [0, 0.05) is 35.7 Å². The largest absolute Gasteiger partial charge is 0.384 e. The van der Waals surface area contributed by atoms with Crippen molar-refractivity contribution in [1.82, 2.24) is 10.3 Å². The molecule has 146 valence electrons. The number of nitrogens with one attached hydrogen (secondary N) is 2. The molecule has 28 heavy (non-hydrogen) atoms. The third kappa shape index (κ3) is 5.04. The fraction of sp³-hybridized carbons (Fsp3) is 0.348. The molecule has 5 heteroatoms. The van der Waals surface area contributed by atoms with Crippen LogP contribution in [0, 0.1) is 19.3 Å². The van der Waals surface area contributed by atoms with Crippen molar-refractivity contribution in [3.8, 4) is 0 Å². The third-order valence-electron chi connectivity index (χ3n) is 4.78. The quantitative estimate of drug-likeness (QED) is 0.710. The number of rotatable bonds is 5. The molecule has 1 aromatic heterocycles. The first kappa shape index (κ1) is 20.2. The fourth-order valence-corrected chi connectivity index (χ4v) is 4.04. The highest BCUT2D eigenvalue weighted by atomic mass is 32.1. The molecule has 3 rings (SSSR count). The lowest BCUT2D eigenvalue weighted by molar-refractivity contribution is -0.117. The third-order valence-corrected chi connectivity index (χ3v) is 5.09. The number of anilines is 1. The van der Waals surface area contributed by atoms with Gasteiger partial charge in [-0.2, -0.15) is 0 Å². The lowest BCUT2D eigenvalue weighted by atomic mass is 9.75. The topological polar surface area (TPSA) is 54.0 Å². The minimum atomic E-state index is -0.0879. The highest BCUT2D eigenvalue weighted by Crippen LogP contribution is 2.36. The zero-order valence-electron chi connectivity index (χ0n) is 16.9. The Morgan fingerprint density at radius 3 is 2.39 bits per heavy atom. The van der Waals surface area contributed by atoms with Crippen molar-refractivity contribution >= 4 is 28.7 Å². The molecule has 0 saturated carbocycles. The van der Waals surface area contributed by atoms with Crippen molar-refractivity contribution in [2.45, 2.75) is 47.1 Å². The van der Waals surface area contributed by atoms with Crippen molar-refractivity contribution in [1.29, 1.82) is 0 Å². The van der Waals surface area contributed by atoms with Crippen molar-refractivity contribution in [2.24, 2.45) is 5.41 Å². The number of aryl methyl sites for hydroxylation is 2. The fourth-order valence-electron chi connectivity index (χ4n) is 3.68. The Hall–Kier alpha value is -2.53. The lowest BCUT2D eigenvalue weighted by Gasteiger charge is -2.33. The number of para-hydroxylation sites is 1. The molecule has 4 nitrogen and oxygen atoms in total. The van der Waals surface area contributed by atoms with E-state index >= 15 is 0 Å². The average molecular weight is 394 g/mol. The zero-order valence-corrected chi connectivity index (χ0v) is 17.7. The molecule has 0 radical (unpaired) electrons. The molecule has 1 aliphatic rings. The van der Waals surface area contributed by atoms with E-state index in [4.69, 9.17) is 12.2 Å². The standard InChI is InChI=1S/C23H27N3OS/c1-15-10-17(11-16(2)25-15)14-24-19-12-23(3,4)13-20(27)21(19)22(28)26-18-8-6-5-7-9-18/h5-11,24H,12-14H2,1-4H3,(H,26,28). The van der Waals surface area contributed by atoms with E-state index in [2.05, 4.69) is 41.6 Å². The molecule has 2 N–H and O–H groups in total. The van der Waals surface area contributed by atoms with E-state index in [9.17, 15) is 4.79 Å². The summed E-state index contributed by atoms with van der Waals surface area (Å²) in [6.07, 6.45) is 1.28. The van der Waals surface area contributed by atoms with Crippen LogP contribution in [0.3, 0.4) is 0 Å². The number of carbonyl (C=O) groups excluding carboxylic acids is 1. The van der Waals surface area contributed by atoms with Crippen molar-refractivity contribution in [2.75, 3.05) is 5.32 Å². The zero-order chi connectivity index (χ0) is 20.3. The van der Waals surface area contributed by atoms with Crippen LogP contribution in [0.15, 0.2) is 53.7 Å². The number of thiocarbonyl (C=S) groups is 1. The molecule has 0 bridgehead atoms. The molecule has 0 saturated heterocycles. The Morgan fingerprint density at radius 1 is 1.11 bits per heavy atom. The normalized spacial score (nSPS) is 16.1. The lowest BCUT2D eigenvalue weighted by Crippen LogP contribution is -2.35. The van der Waals surface area contributed by atoms with E-state index in [-0.39, 0.29) is 11.2 Å². The van der Waals surface area contributed by atoms with Gasteiger partial charge in [-0.15, -0.1) is 0 Å². The van der Waals surface area contributed by atoms with E-state index < -0.39 is 0 Å². The maximum absolute atomic E-state index is 12.9. The van der Waals surface area contributed by atoms with Gasteiger partial charge in [0.2, 0.25) is 0 Å². The molecular formula is C23H27N3OS. The molecule has 0 aliphatic heterocycles. The average Bonchev–Trinajstić information content (AvgIpc) is 2.58. The summed E-state index contributed by atoms with van der Waals surface area (Å²) in [5, 5.41) is 6.72. The molecule has 0 atom stereocenters. The van der Waals surface area contributed by atoms with Crippen LogP contribution in [0.5, 0.6) is 0 Å². The number of aromatic nitrogens is 1. The van der Waals surface area contributed by atoms with Crippen LogP contribution >= 0.6 is 12.2 Å². The Labute approximate surface area is 172 Å². The van der Waals surface area contributed by atoms with Crippen LogP contribution in [0.25, 0.3) is 0 Å². The van der Waals surface area contributed by atoms with Crippen LogP contribution in [-0.2, 0) is 11.3 Å². The van der Waals surface area contributed by atoms with Gasteiger partial charge in [-0.05, 0) is 55.5 Å². The number of pyridine rings is 1. The van der Waals surface area contributed by atoms with Crippen molar-refractivity contribution in [3.05, 3.63) is 70.7 Å². The number of hydrogen-bond donors (Lipinski definition) is 2. The number of nitrogens with zero attached hydrogens (tertiary/aromatic N) is 1. The number of allylic oxidation sites excluding steroid dienone is 1. The first-order valence-corrected chi connectivity index (χ1v) is 9.95. The van der Waals surface area contributed by atoms with E-state index in [1.165, 1.54) is 0 Å². The summed E-state index contributed by atoms with van der Waals surface area (Å²) in [6.45, 7) is 8.87. The van der Waals surface area contributed by atoms with Gasteiger partial charge in [0.25, 0.3) is 0 Å². The maximum atomic E-state index is 12.9. The van der Waals surface area contributed by atoms with Gasteiger partial charge in [-0.1, -0.05) is 44.3 Å². The summed E-state index contributed by atoms with van der Waals surface area (Å²) in [5.74, 6) is 0.0919. The summed E-state index contributed by atoms with van der Waals surface area (Å²) < 4.78 is 0. The van der Waals surface area contributed by atoms with Crippen molar-refractivity contribution < 1.29 is 4.79 Å². The molecule has 0 fully saturated rings. The van der Waals surface area contributed by atoms with Gasteiger partial charge < -0.3 is 10.6 Å². The van der Waals surface area contributed by atoms with Crippen LogP contribution in [0.4, 0.5) is 5.69 Å². The maximum Gasteiger partial charge on any atom is 0.168 e. The predicted molar refractivity (Wildman–Crippen MR) is 118 cm³/mol. The molecule has 0 amide bonds. The SMILES string of the molecule is Cc1cc(CNC2=C(C(=S)Nc3ccccc3)C(=O)CC(C)(C)C2)cc(C)n1. The number of ketones is 1. The van der Waals surface area contributed by atoms with E-state index in [0.717, 1.165) is 34.8 Å².